The highest BCUT2D eigenvalue weighted by atomic mass is 16.1. The number of hydrogen-bond acceptors (Lipinski definition) is 2. The Balaban J connectivity index is 2.60. The highest BCUT2D eigenvalue weighted by Crippen LogP contribution is 2.34. The number of ketones is 1. The second-order valence-corrected chi connectivity index (χ2v) is 5.47. The van der Waals surface area contributed by atoms with Crippen molar-refractivity contribution >= 4 is 5.78 Å². The number of Topliss-reactive ketones (excluding diaryl/α,β-unsaturated/α-hetero) is 1. The van der Waals surface area contributed by atoms with Crippen molar-refractivity contribution in [2.24, 2.45) is 11.3 Å². The number of rotatable bonds is 5. The first-order chi connectivity index (χ1) is 7.48. The second-order valence-electron chi connectivity index (χ2n) is 5.47. The van der Waals surface area contributed by atoms with Crippen LogP contribution < -0.4 is 5.32 Å². The largest absolute Gasteiger partial charge is 0.316 e. The zero-order chi connectivity index (χ0) is 12.2. The van der Waals surface area contributed by atoms with Gasteiger partial charge in [-0.1, -0.05) is 32.9 Å². The molecule has 1 heterocycles. The van der Waals surface area contributed by atoms with Gasteiger partial charge in [-0.3, -0.25) is 4.79 Å². The van der Waals surface area contributed by atoms with Crippen molar-refractivity contribution in [2.45, 2.75) is 46.5 Å². The van der Waals surface area contributed by atoms with Crippen LogP contribution in [0.1, 0.15) is 46.5 Å². The average Bonchev–Trinajstić information content (AvgIpc) is 2.29. The number of allylic oxidation sites excluding steroid dienone is 1. The summed E-state index contributed by atoms with van der Waals surface area (Å²) in [5, 5.41) is 3.39. The van der Waals surface area contributed by atoms with E-state index in [9.17, 15) is 4.79 Å². The van der Waals surface area contributed by atoms with Crippen LogP contribution in [0.2, 0.25) is 0 Å². The van der Waals surface area contributed by atoms with Gasteiger partial charge in [0, 0.05) is 11.8 Å². The van der Waals surface area contributed by atoms with Gasteiger partial charge in [-0.2, -0.15) is 0 Å². The fourth-order valence-corrected chi connectivity index (χ4v) is 2.28. The molecule has 1 unspecified atom stereocenters. The molecule has 1 fully saturated rings. The second kappa shape index (κ2) is 5.62. The third-order valence-corrected chi connectivity index (χ3v) is 3.95. The minimum absolute atomic E-state index is 0.203. The maximum atomic E-state index is 12.2. The highest BCUT2D eigenvalue weighted by molar-refractivity contribution is 5.86. The summed E-state index contributed by atoms with van der Waals surface area (Å²) in [5.74, 6) is 0.839. The molecule has 0 aromatic heterocycles. The number of carbonyl (C=O) groups excluding carboxylic acids is 1. The Kier molecular flexibility index (Phi) is 4.72. The lowest BCUT2D eigenvalue weighted by Crippen LogP contribution is -2.42. The molecule has 16 heavy (non-hydrogen) atoms. The topological polar surface area (TPSA) is 29.1 Å². The first kappa shape index (κ1) is 13.4. The molecule has 1 atom stereocenters. The summed E-state index contributed by atoms with van der Waals surface area (Å²) < 4.78 is 0. The predicted octanol–water partition coefficient (Wildman–Crippen LogP) is 2.94. The van der Waals surface area contributed by atoms with Crippen LogP contribution in [0.5, 0.6) is 0 Å². The van der Waals surface area contributed by atoms with Gasteiger partial charge in [0.2, 0.25) is 0 Å². The van der Waals surface area contributed by atoms with Crippen LogP contribution in [-0.4, -0.2) is 18.9 Å². The van der Waals surface area contributed by atoms with Gasteiger partial charge >= 0.3 is 0 Å². The van der Waals surface area contributed by atoms with E-state index in [4.69, 9.17) is 0 Å². The van der Waals surface area contributed by atoms with Crippen LogP contribution >= 0.6 is 0 Å². The van der Waals surface area contributed by atoms with Crippen molar-refractivity contribution in [2.75, 3.05) is 13.1 Å². The van der Waals surface area contributed by atoms with Gasteiger partial charge in [-0.05, 0) is 38.3 Å². The van der Waals surface area contributed by atoms with Crippen LogP contribution in [0.4, 0.5) is 0 Å². The van der Waals surface area contributed by atoms with Crippen LogP contribution in [0.25, 0.3) is 0 Å². The molecule has 0 amide bonds. The molecule has 0 spiro atoms. The molecule has 0 aromatic rings. The monoisotopic (exact) mass is 223 g/mol. The van der Waals surface area contributed by atoms with E-state index in [0.29, 0.717) is 18.1 Å². The summed E-state index contributed by atoms with van der Waals surface area (Å²) in [5.41, 5.74) is 0.854. The first-order valence-corrected chi connectivity index (χ1v) is 6.39. The van der Waals surface area contributed by atoms with Crippen molar-refractivity contribution < 1.29 is 4.79 Å². The molecular formula is C14H25NO. The van der Waals surface area contributed by atoms with Crippen molar-refractivity contribution in [3.8, 4) is 0 Å². The third-order valence-electron chi connectivity index (χ3n) is 3.95. The molecular weight excluding hydrogens is 198 g/mol. The van der Waals surface area contributed by atoms with Crippen LogP contribution in [0, 0.1) is 11.3 Å². The molecule has 1 N–H and O–H groups in total. The lowest BCUT2D eigenvalue weighted by atomic mass is 9.71. The molecule has 1 aliphatic heterocycles. The maximum absolute atomic E-state index is 12.2. The molecule has 0 radical (unpaired) electrons. The minimum Gasteiger partial charge on any atom is -0.316 e. The molecule has 2 nitrogen and oxygen atoms in total. The Morgan fingerprint density at radius 1 is 1.50 bits per heavy atom. The summed E-state index contributed by atoms with van der Waals surface area (Å²) in [6.07, 6.45) is 3.82. The maximum Gasteiger partial charge on any atom is 0.142 e. The fourth-order valence-electron chi connectivity index (χ4n) is 2.28. The van der Waals surface area contributed by atoms with Gasteiger partial charge in [0.15, 0.2) is 0 Å². The van der Waals surface area contributed by atoms with E-state index in [1.807, 2.05) is 0 Å². The number of carbonyl (C=O) groups is 1. The van der Waals surface area contributed by atoms with Gasteiger partial charge in [0.05, 0.1) is 0 Å². The fraction of sp³-hybridized carbons (Fsp3) is 0.786. The van der Waals surface area contributed by atoms with E-state index in [-0.39, 0.29) is 5.41 Å². The van der Waals surface area contributed by atoms with Crippen molar-refractivity contribution in [3.63, 3.8) is 0 Å². The van der Waals surface area contributed by atoms with Gasteiger partial charge in [0.25, 0.3) is 0 Å². The molecule has 1 aliphatic rings. The standard InChI is InChI=1S/C14H25NO/c1-5-11(2)9-13(16)14(3,4)12-7-6-8-15-10-12/h12,15H,2,5-10H2,1,3-4H3. The minimum atomic E-state index is -0.203. The normalized spacial score (nSPS) is 21.8. The molecule has 0 aromatic carbocycles. The summed E-state index contributed by atoms with van der Waals surface area (Å²) in [7, 11) is 0. The van der Waals surface area contributed by atoms with Crippen LogP contribution in [-0.2, 0) is 4.79 Å². The number of piperidine rings is 1. The quantitative estimate of drug-likeness (QED) is 0.726. The van der Waals surface area contributed by atoms with Gasteiger partial charge in [0.1, 0.15) is 5.78 Å². The zero-order valence-electron chi connectivity index (χ0n) is 10.9. The van der Waals surface area contributed by atoms with Gasteiger partial charge in [-0.15, -0.1) is 0 Å². The summed E-state index contributed by atoms with van der Waals surface area (Å²) in [6, 6.07) is 0. The van der Waals surface area contributed by atoms with Gasteiger partial charge < -0.3 is 5.32 Å². The smallest absolute Gasteiger partial charge is 0.142 e. The Morgan fingerprint density at radius 3 is 2.69 bits per heavy atom. The summed E-state index contributed by atoms with van der Waals surface area (Å²) in [6.45, 7) is 12.3. The molecule has 92 valence electrons. The summed E-state index contributed by atoms with van der Waals surface area (Å²) >= 11 is 0. The van der Waals surface area contributed by atoms with Crippen LogP contribution in [0.15, 0.2) is 12.2 Å². The van der Waals surface area contributed by atoms with E-state index in [1.165, 1.54) is 12.8 Å². The van der Waals surface area contributed by atoms with E-state index in [1.54, 1.807) is 0 Å². The van der Waals surface area contributed by atoms with E-state index < -0.39 is 0 Å². The van der Waals surface area contributed by atoms with Gasteiger partial charge in [-0.25, -0.2) is 0 Å². The Hall–Kier alpha value is -0.630. The summed E-state index contributed by atoms with van der Waals surface area (Å²) in [4.78, 5) is 12.2. The van der Waals surface area contributed by atoms with Crippen molar-refractivity contribution in [1.82, 2.24) is 5.32 Å². The van der Waals surface area contributed by atoms with E-state index >= 15 is 0 Å². The van der Waals surface area contributed by atoms with Crippen molar-refractivity contribution in [3.05, 3.63) is 12.2 Å². The average molecular weight is 223 g/mol. The molecule has 2 heteroatoms. The molecule has 0 bridgehead atoms. The Morgan fingerprint density at radius 2 is 2.19 bits per heavy atom. The predicted molar refractivity (Wildman–Crippen MR) is 68.4 cm³/mol. The lowest BCUT2D eigenvalue weighted by molar-refractivity contribution is -0.129. The highest BCUT2D eigenvalue weighted by Gasteiger charge is 2.36. The third kappa shape index (κ3) is 3.18. The molecule has 0 aliphatic carbocycles. The zero-order valence-corrected chi connectivity index (χ0v) is 10.9. The number of hydrogen-bond donors (Lipinski definition) is 1. The van der Waals surface area contributed by atoms with Crippen molar-refractivity contribution in [1.29, 1.82) is 0 Å². The molecule has 1 saturated heterocycles. The molecule has 1 rings (SSSR count). The SMILES string of the molecule is C=C(CC)CC(=O)C(C)(C)C1CCCNC1. The molecule has 0 saturated carbocycles. The Bertz CT molecular complexity index is 262. The van der Waals surface area contributed by atoms with E-state index in [0.717, 1.165) is 25.1 Å². The van der Waals surface area contributed by atoms with E-state index in [2.05, 4.69) is 32.7 Å². The Labute approximate surface area is 99.5 Å². The first-order valence-electron chi connectivity index (χ1n) is 6.39. The van der Waals surface area contributed by atoms with Crippen LogP contribution in [0.3, 0.4) is 0 Å². The number of nitrogens with one attached hydrogen (secondary N) is 1. The lowest BCUT2D eigenvalue weighted by Gasteiger charge is -2.36.